The van der Waals surface area contributed by atoms with Gasteiger partial charge in [-0.2, -0.15) is 0 Å². The molecule has 0 bridgehead atoms. The Morgan fingerprint density at radius 2 is 1.61 bits per heavy atom. The van der Waals surface area contributed by atoms with Crippen LogP contribution in [-0.4, -0.2) is 50.6 Å². The van der Waals surface area contributed by atoms with Gasteiger partial charge in [0.15, 0.2) is 11.5 Å². The topological polar surface area (TPSA) is 91.8 Å². The molecule has 0 radical (unpaired) electrons. The molecule has 0 unspecified atom stereocenters. The first-order chi connectivity index (χ1) is 15.0. The van der Waals surface area contributed by atoms with Gasteiger partial charge in [-0.05, 0) is 42.5 Å². The number of ether oxygens (including phenoxy) is 4. The minimum Gasteiger partial charge on any atom is -0.493 e. The molecule has 9 heteroatoms. The number of carbonyl (C=O) groups excluding carboxylic acids is 1. The second-order valence-corrected chi connectivity index (χ2v) is 6.28. The quantitative estimate of drug-likeness (QED) is 0.525. The number of nitrogens with zero attached hydrogens (tertiary/aromatic N) is 2. The summed E-state index contributed by atoms with van der Waals surface area (Å²) in [6, 6.07) is 12.5. The number of hydrogen-bond acceptors (Lipinski definition) is 7. The molecule has 0 spiro atoms. The van der Waals surface area contributed by atoms with E-state index in [2.05, 4.69) is 15.5 Å². The fraction of sp³-hybridized carbons (Fsp3) is 0.227. The fourth-order valence-corrected chi connectivity index (χ4v) is 2.81. The molecule has 0 saturated carbocycles. The normalized spacial score (nSPS) is 10.3. The number of nitrogens with one attached hydrogen (secondary N) is 1. The van der Waals surface area contributed by atoms with Crippen LogP contribution in [0.4, 0.5) is 4.39 Å². The van der Waals surface area contributed by atoms with Crippen molar-refractivity contribution in [1.29, 1.82) is 0 Å². The fourth-order valence-electron chi connectivity index (χ4n) is 2.81. The lowest BCUT2D eigenvalue weighted by Crippen LogP contribution is -2.28. The SMILES string of the molecule is COc1cc(C(=O)NCCOc2ccc(-c3ccc(F)cc3)nn2)cc(OC)c1OC. The number of amides is 1. The Kier molecular flexibility index (Phi) is 7.21. The first-order valence-electron chi connectivity index (χ1n) is 9.36. The standard InChI is InChI=1S/C22H22FN3O5/c1-28-18-12-15(13-19(29-2)21(18)30-3)22(27)24-10-11-31-20-9-8-17(25-26-20)14-4-6-16(23)7-5-14/h4-9,12-13H,10-11H2,1-3H3,(H,24,27). The molecule has 31 heavy (non-hydrogen) atoms. The zero-order valence-electron chi connectivity index (χ0n) is 17.3. The first-order valence-corrected chi connectivity index (χ1v) is 9.36. The summed E-state index contributed by atoms with van der Waals surface area (Å²) in [7, 11) is 4.46. The zero-order valence-corrected chi connectivity index (χ0v) is 17.3. The molecule has 8 nitrogen and oxygen atoms in total. The third-order valence-corrected chi connectivity index (χ3v) is 4.34. The van der Waals surface area contributed by atoms with E-state index in [1.54, 1.807) is 36.4 Å². The van der Waals surface area contributed by atoms with E-state index in [-0.39, 0.29) is 24.9 Å². The molecule has 1 amide bonds. The monoisotopic (exact) mass is 427 g/mol. The molecule has 1 aromatic heterocycles. The number of rotatable bonds is 9. The molecule has 1 N–H and O–H groups in total. The van der Waals surface area contributed by atoms with Gasteiger partial charge in [-0.25, -0.2) is 4.39 Å². The maximum Gasteiger partial charge on any atom is 0.251 e. The van der Waals surface area contributed by atoms with Crippen molar-refractivity contribution in [3.05, 3.63) is 59.9 Å². The van der Waals surface area contributed by atoms with E-state index in [9.17, 15) is 9.18 Å². The summed E-state index contributed by atoms with van der Waals surface area (Å²) in [6.45, 7) is 0.442. The van der Waals surface area contributed by atoms with Crippen LogP contribution in [0.3, 0.4) is 0 Å². The summed E-state index contributed by atoms with van der Waals surface area (Å²) in [6.07, 6.45) is 0. The van der Waals surface area contributed by atoms with Crippen LogP contribution in [-0.2, 0) is 0 Å². The van der Waals surface area contributed by atoms with Gasteiger partial charge in [0.25, 0.3) is 5.91 Å². The molecular formula is C22H22FN3O5. The van der Waals surface area contributed by atoms with Crippen LogP contribution in [0.25, 0.3) is 11.3 Å². The number of hydrogen-bond donors (Lipinski definition) is 1. The number of halogens is 1. The van der Waals surface area contributed by atoms with E-state index < -0.39 is 0 Å². The molecule has 0 atom stereocenters. The molecule has 0 saturated heterocycles. The molecule has 3 rings (SSSR count). The van der Waals surface area contributed by atoms with Crippen molar-refractivity contribution in [2.45, 2.75) is 0 Å². The van der Waals surface area contributed by atoms with Gasteiger partial charge in [-0.3, -0.25) is 4.79 Å². The maximum atomic E-state index is 13.0. The Balaban J connectivity index is 1.53. The number of methoxy groups -OCH3 is 3. The smallest absolute Gasteiger partial charge is 0.251 e. The zero-order chi connectivity index (χ0) is 22.2. The molecule has 0 fully saturated rings. The second-order valence-electron chi connectivity index (χ2n) is 6.28. The van der Waals surface area contributed by atoms with Crippen LogP contribution in [0.15, 0.2) is 48.5 Å². The molecule has 1 heterocycles. The van der Waals surface area contributed by atoms with Gasteiger partial charge >= 0.3 is 0 Å². The Labute approximate surface area is 178 Å². The van der Waals surface area contributed by atoms with E-state index in [0.29, 0.717) is 34.4 Å². The van der Waals surface area contributed by atoms with Crippen LogP contribution in [0.1, 0.15) is 10.4 Å². The second kappa shape index (κ2) is 10.2. The van der Waals surface area contributed by atoms with Crippen LogP contribution < -0.4 is 24.3 Å². The highest BCUT2D eigenvalue weighted by atomic mass is 19.1. The van der Waals surface area contributed by atoms with E-state index in [1.807, 2.05) is 0 Å². The third kappa shape index (κ3) is 5.39. The van der Waals surface area contributed by atoms with E-state index in [0.717, 1.165) is 5.56 Å². The Hall–Kier alpha value is -3.88. The van der Waals surface area contributed by atoms with Crippen molar-refractivity contribution in [3.63, 3.8) is 0 Å². The van der Waals surface area contributed by atoms with E-state index in [4.69, 9.17) is 18.9 Å². The van der Waals surface area contributed by atoms with Crippen LogP contribution in [0, 0.1) is 5.82 Å². The van der Waals surface area contributed by atoms with Gasteiger partial charge in [-0.1, -0.05) is 0 Å². The lowest BCUT2D eigenvalue weighted by molar-refractivity contribution is 0.0945. The third-order valence-electron chi connectivity index (χ3n) is 4.34. The molecule has 0 aliphatic carbocycles. The average Bonchev–Trinajstić information content (AvgIpc) is 2.81. The van der Waals surface area contributed by atoms with Crippen molar-refractivity contribution >= 4 is 5.91 Å². The Bertz CT molecular complexity index is 1000. The first kappa shape index (κ1) is 21.8. The molecule has 0 aliphatic heterocycles. The summed E-state index contributed by atoms with van der Waals surface area (Å²) >= 11 is 0. The average molecular weight is 427 g/mol. The molecular weight excluding hydrogens is 405 g/mol. The highest BCUT2D eigenvalue weighted by molar-refractivity contribution is 5.95. The summed E-state index contributed by atoms with van der Waals surface area (Å²) in [5.74, 6) is 0.866. The van der Waals surface area contributed by atoms with Crippen LogP contribution >= 0.6 is 0 Å². The maximum absolute atomic E-state index is 13.0. The number of benzene rings is 2. The van der Waals surface area contributed by atoms with Gasteiger partial charge in [0, 0.05) is 17.2 Å². The van der Waals surface area contributed by atoms with Crippen molar-refractivity contribution in [2.75, 3.05) is 34.5 Å². The summed E-state index contributed by atoms with van der Waals surface area (Å²) < 4.78 is 34.3. The lowest BCUT2D eigenvalue weighted by atomic mass is 10.1. The Morgan fingerprint density at radius 1 is 0.935 bits per heavy atom. The predicted molar refractivity (Wildman–Crippen MR) is 111 cm³/mol. The van der Waals surface area contributed by atoms with Crippen molar-refractivity contribution < 1.29 is 28.1 Å². The van der Waals surface area contributed by atoms with Gasteiger partial charge in [0.1, 0.15) is 12.4 Å². The molecule has 3 aromatic rings. The predicted octanol–water partition coefficient (Wildman–Crippen LogP) is 3.12. The Morgan fingerprint density at radius 3 is 2.16 bits per heavy atom. The minimum atomic E-state index is -0.319. The molecule has 162 valence electrons. The molecule has 0 aliphatic rings. The van der Waals surface area contributed by atoms with Gasteiger partial charge < -0.3 is 24.3 Å². The van der Waals surface area contributed by atoms with Gasteiger partial charge in [0.2, 0.25) is 11.6 Å². The van der Waals surface area contributed by atoms with E-state index >= 15 is 0 Å². The van der Waals surface area contributed by atoms with Crippen molar-refractivity contribution in [1.82, 2.24) is 15.5 Å². The number of aromatic nitrogens is 2. The van der Waals surface area contributed by atoms with E-state index in [1.165, 1.54) is 33.5 Å². The summed E-state index contributed by atoms with van der Waals surface area (Å²) in [5.41, 5.74) is 1.71. The summed E-state index contributed by atoms with van der Waals surface area (Å²) in [5, 5.41) is 10.8. The number of carbonyl (C=O) groups is 1. The van der Waals surface area contributed by atoms with Crippen molar-refractivity contribution in [3.8, 4) is 34.4 Å². The van der Waals surface area contributed by atoms with Gasteiger partial charge in [0.05, 0.1) is 33.6 Å². The highest BCUT2D eigenvalue weighted by Crippen LogP contribution is 2.38. The summed E-state index contributed by atoms with van der Waals surface area (Å²) in [4.78, 5) is 12.4. The van der Waals surface area contributed by atoms with Crippen LogP contribution in [0.2, 0.25) is 0 Å². The van der Waals surface area contributed by atoms with Crippen molar-refractivity contribution in [2.24, 2.45) is 0 Å². The molecule has 2 aromatic carbocycles. The largest absolute Gasteiger partial charge is 0.493 e. The minimum absolute atomic E-state index is 0.195. The highest BCUT2D eigenvalue weighted by Gasteiger charge is 2.16. The lowest BCUT2D eigenvalue weighted by Gasteiger charge is -2.14. The van der Waals surface area contributed by atoms with Crippen LogP contribution in [0.5, 0.6) is 23.1 Å². The van der Waals surface area contributed by atoms with Gasteiger partial charge in [-0.15, -0.1) is 10.2 Å².